The minimum Gasteiger partial charge on any atom is -0.481 e. The molecule has 8 heteroatoms. The molecule has 0 aromatic rings. The van der Waals surface area contributed by atoms with E-state index < -0.39 is 38.8 Å². The fourth-order valence-electron chi connectivity index (χ4n) is 0.673. The number of aliphatic carboxylic acids is 2. The van der Waals surface area contributed by atoms with Gasteiger partial charge < -0.3 is 15.5 Å². The van der Waals surface area contributed by atoms with Gasteiger partial charge in [0.25, 0.3) is 0 Å². The van der Waals surface area contributed by atoms with Crippen molar-refractivity contribution in [3.63, 3.8) is 0 Å². The highest BCUT2D eigenvalue weighted by Crippen LogP contribution is 1.95. The van der Waals surface area contributed by atoms with Gasteiger partial charge in [-0.2, -0.15) is 0 Å². The molecule has 0 saturated heterocycles. The molecule has 0 spiro atoms. The Labute approximate surface area is 80.3 Å². The molecule has 0 radical (unpaired) electrons. The van der Waals surface area contributed by atoms with Crippen molar-refractivity contribution in [2.45, 2.75) is 12.5 Å². The first-order chi connectivity index (χ1) is 6.47. The van der Waals surface area contributed by atoms with Crippen LogP contribution in [0.4, 0.5) is 0 Å². The summed E-state index contributed by atoms with van der Waals surface area (Å²) in [6.45, 7) is 0. The van der Waals surface area contributed by atoms with Gasteiger partial charge in [-0.3, -0.25) is 14.2 Å². The van der Waals surface area contributed by atoms with Crippen LogP contribution < -0.4 is 5.32 Å². The van der Waals surface area contributed by atoms with Gasteiger partial charge in [-0.25, -0.2) is 4.79 Å². The Bertz CT molecular complexity index is 265. The smallest absolute Gasteiger partial charge is 0.326 e. The van der Waals surface area contributed by atoms with Gasteiger partial charge in [0.1, 0.15) is 12.2 Å². The molecule has 0 unspecified atom stereocenters. The summed E-state index contributed by atoms with van der Waals surface area (Å²) in [5.41, 5.74) is 0. The van der Waals surface area contributed by atoms with Crippen molar-refractivity contribution in [3.8, 4) is 0 Å². The summed E-state index contributed by atoms with van der Waals surface area (Å²) in [7, 11) is -0.448. The van der Waals surface area contributed by atoms with Crippen LogP contribution in [-0.2, 0) is 18.9 Å². The number of rotatable bonds is 6. The second-order valence-electron chi connectivity index (χ2n) is 2.34. The molecule has 14 heavy (non-hydrogen) atoms. The van der Waals surface area contributed by atoms with E-state index in [9.17, 15) is 18.9 Å². The SMILES string of the molecule is O=PCC(=O)N[C@@H](CC(=O)O)C(=O)O. The molecule has 0 heterocycles. The Balaban J connectivity index is 4.22. The van der Waals surface area contributed by atoms with Crippen molar-refractivity contribution >= 4 is 26.3 Å². The molecular weight excluding hydrogens is 213 g/mol. The molecule has 7 nitrogen and oxygen atoms in total. The summed E-state index contributed by atoms with van der Waals surface area (Å²) in [6.07, 6.45) is -1.10. The average molecular weight is 221 g/mol. The van der Waals surface area contributed by atoms with E-state index in [2.05, 4.69) is 0 Å². The predicted molar refractivity (Wildman–Crippen MR) is 44.3 cm³/mol. The topological polar surface area (TPSA) is 121 Å². The second-order valence-corrected chi connectivity index (χ2v) is 2.92. The van der Waals surface area contributed by atoms with Gasteiger partial charge in [0.15, 0.2) is 8.46 Å². The lowest BCUT2D eigenvalue weighted by atomic mass is 10.2. The molecule has 78 valence electrons. The molecule has 0 saturated carbocycles. The third-order valence-electron chi connectivity index (χ3n) is 1.22. The number of amides is 1. The van der Waals surface area contributed by atoms with Crippen LogP contribution in [0.5, 0.6) is 0 Å². The first-order valence-electron chi connectivity index (χ1n) is 3.50. The van der Waals surface area contributed by atoms with Crippen LogP contribution in [0.25, 0.3) is 0 Å². The van der Waals surface area contributed by atoms with E-state index in [1.807, 2.05) is 5.32 Å². The largest absolute Gasteiger partial charge is 0.481 e. The molecule has 0 aliphatic heterocycles. The maximum absolute atomic E-state index is 10.8. The van der Waals surface area contributed by atoms with Crippen molar-refractivity contribution in [2.24, 2.45) is 0 Å². The summed E-state index contributed by atoms with van der Waals surface area (Å²) < 4.78 is 9.96. The van der Waals surface area contributed by atoms with Crippen LogP contribution in [0.3, 0.4) is 0 Å². The molecule has 3 N–H and O–H groups in total. The van der Waals surface area contributed by atoms with Crippen molar-refractivity contribution in [3.05, 3.63) is 0 Å². The fraction of sp³-hybridized carbons (Fsp3) is 0.500. The summed E-state index contributed by atoms with van der Waals surface area (Å²) in [5, 5.41) is 18.7. The minimum atomic E-state index is -1.48. The van der Waals surface area contributed by atoms with Gasteiger partial charge in [-0.15, -0.1) is 0 Å². The third-order valence-corrected chi connectivity index (χ3v) is 1.64. The monoisotopic (exact) mass is 221 g/mol. The van der Waals surface area contributed by atoms with E-state index in [1.54, 1.807) is 0 Å². The zero-order chi connectivity index (χ0) is 11.1. The van der Waals surface area contributed by atoms with Crippen molar-refractivity contribution in [2.75, 3.05) is 6.16 Å². The second kappa shape index (κ2) is 6.04. The summed E-state index contributed by atoms with van der Waals surface area (Å²) in [5.74, 6) is -3.55. The third kappa shape index (κ3) is 5.21. The minimum absolute atomic E-state index is 0.386. The Morgan fingerprint density at radius 3 is 2.21 bits per heavy atom. The number of nitrogens with one attached hydrogen (secondary N) is 1. The van der Waals surface area contributed by atoms with E-state index in [0.29, 0.717) is 0 Å². The zero-order valence-electron chi connectivity index (χ0n) is 6.97. The van der Waals surface area contributed by atoms with Crippen molar-refractivity contribution in [1.29, 1.82) is 0 Å². The van der Waals surface area contributed by atoms with E-state index in [4.69, 9.17) is 10.2 Å². The van der Waals surface area contributed by atoms with E-state index in [0.717, 1.165) is 0 Å². The van der Waals surface area contributed by atoms with Crippen LogP contribution in [0.1, 0.15) is 6.42 Å². The number of carbonyl (C=O) groups excluding carboxylic acids is 1. The Hall–Kier alpha value is -1.49. The van der Waals surface area contributed by atoms with Gasteiger partial charge in [-0.1, -0.05) is 0 Å². The normalized spacial score (nSPS) is 12.0. The molecule has 0 fully saturated rings. The summed E-state index contributed by atoms with van der Waals surface area (Å²) >= 11 is 0. The predicted octanol–water partition coefficient (Wildman–Crippen LogP) is -0.678. The molecule has 1 atom stereocenters. The van der Waals surface area contributed by atoms with Gasteiger partial charge >= 0.3 is 11.9 Å². The van der Waals surface area contributed by atoms with Crippen LogP contribution in [0, 0.1) is 0 Å². The average Bonchev–Trinajstić information content (AvgIpc) is 2.02. The Morgan fingerprint density at radius 1 is 1.29 bits per heavy atom. The molecule has 0 aromatic heterocycles. The summed E-state index contributed by atoms with van der Waals surface area (Å²) in [6, 6.07) is -1.48. The molecule has 0 aliphatic rings. The Morgan fingerprint density at radius 2 is 1.86 bits per heavy atom. The highest BCUT2D eigenvalue weighted by atomic mass is 31.1. The van der Waals surface area contributed by atoms with Gasteiger partial charge in [-0.05, 0) is 0 Å². The quantitative estimate of drug-likeness (QED) is 0.511. The molecule has 1 amide bonds. The number of hydrogen-bond acceptors (Lipinski definition) is 4. The van der Waals surface area contributed by atoms with Crippen molar-refractivity contribution < 1.29 is 29.2 Å². The number of hydrogen-bond donors (Lipinski definition) is 3. The standard InChI is InChI=1S/C6H8NO6P/c8-4(2-14-13)7-3(6(11)12)1-5(9)10/h3H,1-2H2,(H,7,8)(H,9,10)(H,11,12)/t3-/m0/s1. The maximum Gasteiger partial charge on any atom is 0.326 e. The molecule has 0 aromatic carbocycles. The van der Waals surface area contributed by atoms with Crippen LogP contribution in [0.2, 0.25) is 0 Å². The number of carboxylic acids is 2. The maximum atomic E-state index is 10.8. The lowest BCUT2D eigenvalue weighted by Crippen LogP contribution is -2.42. The Kier molecular flexibility index (Phi) is 5.40. The van der Waals surface area contributed by atoms with E-state index in [-0.39, 0.29) is 6.16 Å². The fourth-order valence-corrected chi connectivity index (χ4v) is 0.882. The van der Waals surface area contributed by atoms with Crippen molar-refractivity contribution in [1.82, 2.24) is 5.32 Å². The van der Waals surface area contributed by atoms with Gasteiger partial charge in [0.05, 0.1) is 6.42 Å². The zero-order valence-corrected chi connectivity index (χ0v) is 7.86. The summed E-state index contributed by atoms with van der Waals surface area (Å²) in [4.78, 5) is 31.4. The van der Waals surface area contributed by atoms with E-state index in [1.165, 1.54) is 0 Å². The number of carbonyl (C=O) groups is 3. The first kappa shape index (κ1) is 12.5. The lowest BCUT2D eigenvalue weighted by Gasteiger charge is -2.10. The van der Waals surface area contributed by atoms with E-state index >= 15 is 0 Å². The lowest BCUT2D eigenvalue weighted by molar-refractivity contribution is -0.147. The van der Waals surface area contributed by atoms with Crippen LogP contribution in [0.15, 0.2) is 0 Å². The molecular formula is C6H8NO6P. The molecule has 0 aliphatic carbocycles. The number of carboxylic acid groups (broad SMARTS) is 2. The van der Waals surface area contributed by atoms with Crippen LogP contribution in [-0.4, -0.2) is 40.3 Å². The van der Waals surface area contributed by atoms with Crippen LogP contribution >= 0.6 is 8.46 Å². The molecule has 0 rings (SSSR count). The highest BCUT2D eigenvalue weighted by Gasteiger charge is 2.22. The highest BCUT2D eigenvalue weighted by molar-refractivity contribution is 7.25. The van der Waals surface area contributed by atoms with Gasteiger partial charge in [0.2, 0.25) is 5.91 Å². The first-order valence-corrected chi connectivity index (χ1v) is 4.50. The van der Waals surface area contributed by atoms with Gasteiger partial charge in [0, 0.05) is 0 Å². The molecule has 0 bridgehead atoms.